The second-order valence-electron chi connectivity index (χ2n) is 4.14. The lowest BCUT2D eigenvalue weighted by molar-refractivity contribution is -0.138. The zero-order valence-electron chi connectivity index (χ0n) is 9.75. The van der Waals surface area contributed by atoms with Gasteiger partial charge in [-0.15, -0.1) is 0 Å². The summed E-state index contributed by atoms with van der Waals surface area (Å²) in [5.74, 6) is 0. The number of halogens is 3. The molecule has 0 saturated heterocycles. The molecule has 1 rings (SSSR count). The van der Waals surface area contributed by atoms with Gasteiger partial charge in [0.05, 0.1) is 18.2 Å². The molecule has 0 spiro atoms. The molecule has 0 radical (unpaired) electrons. The van der Waals surface area contributed by atoms with Gasteiger partial charge in [-0.1, -0.05) is 32.0 Å². The largest absolute Gasteiger partial charge is 0.416 e. The summed E-state index contributed by atoms with van der Waals surface area (Å²) in [6, 6.07) is 4.59. The lowest BCUT2D eigenvalue weighted by Crippen LogP contribution is -2.32. The lowest BCUT2D eigenvalue weighted by atomic mass is 10.00. The van der Waals surface area contributed by atoms with Crippen LogP contribution in [0.5, 0.6) is 0 Å². The van der Waals surface area contributed by atoms with E-state index in [-0.39, 0.29) is 18.2 Å². The van der Waals surface area contributed by atoms with Crippen LogP contribution in [0.15, 0.2) is 24.3 Å². The third-order valence-electron chi connectivity index (χ3n) is 2.36. The lowest BCUT2D eigenvalue weighted by Gasteiger charge is -2.23. The maximum Gasteiger partial charge on any atom is 0.416 e. The number of aliphatic hydroxyl groups excluding tert-OH is 1. The predicted molar refractivity (Wildman–Crippen MR) is 59.5 cm³/mol. The highest BCUT2D eigenvalue weighted by Crippen LogP contribution is 2.34. The molecule has 0 saturated carbocycles. The average molecular weight is 247 g/mol. The molecule has 1 atom stereocenters. The van der Waals surface area contributed by atoms with Crippen molar-refractivity contribution >= 4 is 0 Å². The summed E-state index contributed by atoms with van der Waals surface area (Å²) < 4.78 is 38.3. The summed E-state index contributed by atoms with van der Waals surface area (Å²) in [6.07, 6.45) is -4.40. The zero-order valence-corrected chi connectivity index (χ0v) is 9.75. The first-order valence-corrected chi connectivity index (χ1v) is 5.39. The van der Waals surface area contributed by atoms with Crippen LogP contribution in [-0.2, 0) is 6.18 Å². The van der Waals surface area contributed by atoms with Crippen LogP contribution in [0.3, 0.4) is 0 Å². The van der Waals surface area contributed by atoms with Gasteiger partial charge >= 0.3 is 6.18 Å². The molecule has 2 nitrogen and oxygen atoms in total. The Hall–Kier alpha value is -1.07. The van der Waals surface area contributed by atoms with Crippen LogP contribution in [0.4, 0.5) is 13.2 Å². The molecule has 1 aromatic carbocycles. The van der Waals surface area contributed by atoms with Gasteiger partial charge in [0.15, 0.2) is 0 Å². The topological polar surface area (TPSA) is 32.3 Å². The second kappa shape index (κ2) is 5.51. The molecular formula is C12H16F3NO. The van der Waals surface area contributed by atoms with E-state index in [9.17, 15) is 18.3 Å². The summed E-state index contributed by atoms with van der Waals surface area (Å²) in [4.78, 5) is 0. The van der Waals surface area contributed by atoms with Crippen LogP contribution in [-0.4, -0.2) is 17.8 Å². The summed E-state index contributed by atoms with van der Waals surface area (Å²) in [5.41, 5.74) is -0.622. The molecule has 0 fully saturated rings. The molecule has 17 heavy (non-hydrogen) atoms. The number of hydrogen-bond donors (Lipinski definition) is 2. The Bertz CT molecular complexity index is 363. The Balaban J connectivity index is 3.11. The molecular weight excluding hydrogens is 231 g/mol. The van der Waals surface area contributed by atoms with Crippen LogP contribution in [0.1, 0.15) is 31.0 Å². The molecule has 0 heterocycles. The van der Waals surface area contributed by atoms with E-state index in [0.717, 1.165) is 6.07 Å². The van der Waals surface area contributed by atoms with Crippen LogP contribution in [0.2, 0.25) is 0 Å². The molecule has 96 valence electrons. The molecule has 0 aliphatic rings. The molecule has 5 heteroatoms. The van der Waals surface area contributed by atoms with E-state index in [1.165, 1.54) is 18.2 Å². The van der Waals surface area contributed by atoms with Crippen molar-refractivity contribution in [2.75, 3.05) is 6.61 Å². The number of hydrogen-bond acceptors (Lipinski definition) is 2. The number of aliphatic hydroxyl groups is 1. The van der Waals surface area contributed by atoms with E-state index in [2.05, 4.69) is 5.32 Å². The van der Waals surface area contributed by atoms with Gasteiger partial charge < -0.3 is 10.4 Å². The van der Waals surface area contributed by atoms with Gasteiger partial charge in [-0.2, -0.15) is 13.2 Å². The van der Waals surface area contributed by atoms with Gasteiger partial charge in [-0.3, -0.25) is 0 Å². The van der Waals surface area contributed by atoms with Gasteiger partial charge in [0.25, 0.3) is 0 Å². The number of nitrogens with one attached hydrogen (secondary N) is 1. The van der Waals surface area contributed by atoms with Gasteiger partial charge in [-0.25, -0.2) is 0 Å². The smallest absolute Gasteiger partial charge is 0.394 e. The van der Waals surface area contributed by atoms with Gasteiger partial charge in [0, 0.05) is 6.04 Å². The molecule has 0 amide bonds. The van der Waals surface area contributed by atoms with E-state index in [1.54, 1.807) is 0 Å². The Kier molecular flexibility index (Phi) is 4.54. The maximum atomic E-state index is 12.8. The monoisotopic (exact) mass is 247 g/mol. The summed E-state index contributed by atoms with van der Waals surface area (Å²) in [7, 11) is 0. The highest BCUT2D eigenvalue weighted by molar-refractivity contribution is 5.32. The normalized spacial score (nSPS) is 14.1. The van der Waals surface area contributed by atoms with Crippen molar-refractivity contribution in [2.45, 2.75) is 32.1 Å². The van der Waals surface area contributed by atoms with Gasteiger partial charge in [0.2, 0.25) is 0 Å². The fraction of sp³-hybridized carbons (Fsp3) is 0.500. The molecule has 2 N–H and O–H groups in total. The second-order valence-corrected chi connectivity index (χ2v) is 4.14. The first-order chi connectivity index (χ1) is 7.86. The van der Waals surface area contributed by atoms with Gasteiger partial charge in [0.1, 0.15) is 0 Å². The van der Waals surface area contributed by atoms with Crippen molar-refractivity contribution in [3.05, 3.63) is 35.4 Å². The van der Waals surface area contributed by atoms with E-state index in [4.69, 9.17) is 0 Å². The summed E-state index contributed by atoms with van der Waals surface area (Å²) in [6.45, 7) is 3.27. The van der Waals surface area contributed by atoms with Crippen LogP contribution < -0.4 is 5.32 Å². The number of rotatable bonds is 4. The van der Waals surface area contributed by atoms with E-state index in [0.29, 0.717) is 0 Å². The Morgan fingerprint density at radius 2 is 1.82 bits per heavy atom. The average Bonchev–Trinajstić information content (AvgIpc) is 2.24. The van der Waals surface area contributed by atoms with E-state index in [1.807, 2.05) is 13.8 Å². The van der Waals surface area contributed by atoms with Crippen molar-refractivity contribution < 1.29 is 18.3 Å². The summed E-state index contributed by atoms with van der Waals surface area (Å²) >= 11 is 0. The number of benzene rings is 1. The molecule has 0 bridgehead atoms. The maximum absolute atomic E-state index is 12.8. The Labute approximate surface area is 98.5 Å². The van der Waals surface area contributed by atoms with Crippen LogP contribution >= 0.6 is 0 Å². The molecule has 0 aliphatic carbocycles. The fourth-order valence-corrected chi connectivity index (χ4v) is 1.70. The van der Waals surface area contributed by atoms with Crippen molar-refractivity contribution in [3.8, 4) is 0 Å². The van der Waals surface area contributed by atoms with Gasteiger partial charge in [-0.05, 0) is 11.6 Å². The minimum atomic E-state index is -4.40. The SMILES string of the molecule is CC(C)NC(CO)c1ccccc1C(F)(F)F. The minimum Gasteiger partial charge on any atom is -0.394 e. The highest BCUT2D eigenvalue weighted by atomic mass is 19.4. The Morgan fingerprint density at radius 3 is 2.29 bits per heavy atom. The van der Waals surface area contributed by atoms with Crippen molar-refractivity contribution in [2.24, 2.45) is 0 Å². The van der Waals surface area contributed by atoms with Crippen LogP contribution in [0.25, 0.3) is 0 Å². The van der Waals surface area contributed by atoms with Crippen LogP contribution in [0, 0.1) is 0 Å². The van der Waals surface area contributed by atoms with E-state index < -0.39 is 17.8 Å². The highest BCUT2D eigenvalue weighted by Gasteiger charge is 2.34. The molecule has 1 aromatic rings. The first-order valence-electron chi connectivity index (χ1n) is 5.39. The summed E-state index contributed by atoms with van der Waals surface area (Å²) in [5, 5.41) is 12.1. The van der Waals surface area contributed by atoms with Crippen molar-refractivity contribution in [1.82, 2.24) is 5.32 Å². The Morgan fingerprint density at radius 1 is 1.24 bits per heavy atom. The predicted octanol–water partition coefficient (Wildman–Crippen LogP) is 2.74. The first kappa shape index (κ1) is 14.0. The third kappa shape index (κ3) is 3.71. The quantitative estimate of drug-likeness (QED) is 0.857. The molecule has 0 aliphatic heterocycles. The van der Waals surface area contributed by atoms with Crippen molar-refractivity contribution in [1.29, 1.82) is 0 Å². The molecule has 0 aromatic heterocycles. The standard InChI is InChI=1S/C12H16F3NO/c1-8(2)16-11(7-17)9-5-3-4-6-10(9)12(13,14)15/h3-6,8,11,16-17H,7H2,1-2H3. The molecule has 1 unspecified atom stereocenters. The number of alkyl halides is 3. The minimum absolute atomic E-state index is 0.00607. The fourth-order valence-electron chi connectivity index (χ4n) is 1.70. The third-order valence-corrected chi connectivity index (χ3v) is 2.36. The zero-order chi connectivity index (χ0) is 13.1. The van der Waals surface area contributed by atoms with Crippen molar-refractivity contribution in [3.63, 3.8) is 0 Å². The van der Waals surface area contributed by atoms with E-state index >= 15 is 0 Å².